The van der Waals surface area contributed by atoms with Crippen molar-refractivity contribution >= 4 is 22.7 Å². The van der Waals surface area contributed by atoms with E-state index in [9.17, 15) is 4.79 Å². The maximum absolute atomic E-state index is 11.8. The molecule has 0 spiro atoms. The minimum absolute atomic E-state index is 0.302. The quantitative estimate of drug-likeness (QED) is 0.722. The number of carbonyl (C=O) groups excluding carboxylic acids is 1. The Morgan fingerprint density at radius 1 is 1.32 bits per heavy atom. The van der Waals surface area contributed by atoms with E-state index in [2.05, 4.69) is 20.1 Å². The van der Waals surface area contributed by atoms with E-state index in [4.69, 9.17) is 10.00 Å². The third kappa shape index (κ3) is 2.58. The summed E-state index contributed by atoms with van der Waals surface area (Å²) in [5, 5.41) is 17.9. The van der Waals surface area contributed by atoms with Gasteiger partial charge in [0.25, 0.3) is 0 Å². The second-order valence-corrected chi connectivity index (χ2v) is 5.89. The molecule has 0 radical (unpaired) electrons. The van der Waals surface area contributed by atoms with E-state index in [1.165, 1.54) is 12.8 Å². The number of hydrogen-bond acceptors (Lipinski definition) is 6. The number of nitrogens with one attached hydrogen (secondary N) is 1. The first-order chi connectivity index (χ1) is 12.2. The maximum atomic E-state index is 11.8. The largest absolute Gasteiger partial charge is 0.465 e. The predicted molar refractivity (Wildman–Crippen MR) is 91.1 cm³/mol. The first-order valence-corrected chi connectivity index (χ1v) is 7.90. The molecule has 0 bridgehead atoms. The Hall–Kier alpha value is -3.40. The van der Waals surface area contributed by atoms with Gasteiger partial charge < -0.3 is 14.6 Å². The molecule has 7 nitrogen and oxygen atoms in total. The molecule has 0 unspecified atom stereocenters. The Morgan fingerprint density at radius 2 is 2.20 bits per heavy atom. The minimum Gasteiger partial charge on any atom is -0.465 e. The molecule has 25 heavy (non-hydrogen) atoms. The van der Waals surface area contributed by atoms with Gasteiger partial charge in [-0.2, -0.15) is 5.26 Å². The summed E-state index contributed by atoms with van der Waals surface area (Å²) in [5.41, 5.74) is 4.17. The van der Waals surface area contributed by atoms with Crippen LogP contribution < -0.4 is 4.90 Å². The number of H-pyrrole nitrogens is 1. The summed E-state index contributed by atoms with van der Waals surface area (Å²) in [7, 11) is 1.38. The Morgan fingerprint density at radius 3 is 2.92 bits per heavy atom. The van der Waals surface area contributed by atoms with Gasteiger partial charge in [-0.3, -0.25) is 0 Å². The third-order valence-electron chi connectivity index (χ3n) is 4.49. The number of esters is 1. The smallest absolute Gasteiger partial charge is 0.337 e. The number of fused-ring (bicyclic) bond motifs is 3. The highest BCUT2D eigenvalue weighted by atomic mass is 16.5. The summed E-state index contributed by atoms with van der Waals surface area (Å²) in [5.74, 6) is 0.394. The van der Waals surface area contributed by atoms with Crippen LogP contribution in [-0.2, 0) is 17.7 Å². The molecular formula is C18H15N5O2. The molecule has 0 aliphatic carbocycles. The van der Waals surface area contributed by atoms with Crippen LogP contribution in [0.3, 0.4) is 0 Å². The van der Waals surface area contributed by atoms with Gasteiger partial charge in [-0.15, -0.1) is 10.2 Å². The zero-order valence-corrected chi connectivity index (χ0v) is 13.6. The van der Waals surface area contributed by atoms with E-state index in [1.54, 1.807) is 12.1 Å². The van der Waals surface area contributed by atoms with E-state index in [0.717, 1.165) is 35.2 Å². The van der Waals surface area contributed by atoms with Crippen molar-refractivity contribution in [2.75, 3.05) is 18.6 Å². The fraction of sp³-hybridized carbons (Fsp3) is 0.222. The number of carbonyl (C=O) groups is 1. The molecule has 0 fully saturated rings. The van der Waals surface area contributed by atoms with Crippen LogP contribution >= 0.6 is 0 Å². The van der Waals surface area contributed by atoms with Crippen LogP contribution in [0.5, 0.6) is 0 Å². The SMILES string of the molecule is COC(=O)c1ccc2[nH]c3c(c2c1)CN(c1ccc(C#N)nn1)CC3. The Bertz CT molecular complexity index is 1000. The Labute approximate surface area is 143 Å². The molecule has 0 atom stereocenters. The van der Waals surface area contributed by atoms with Crippen molar-refractivity contribution in [1.29, 1.82) is 5.26 Å². The van der Waals surface area contributed by atoms with Gasteiger partial charge in [0.15, 0.2) is 11.5 Å². The molecule has 0 amide bonds. The number of benzene rings is 1. The van der Waals surface area contributed by atoms with E-state index in [-0.39, 0.29) is 5.97 Å². The number of rotatable bonds is 2. The lowest BCUT2D eigenvalue weighted by Crippen LogP contribution is -2.31. The van der Waals surface area contributed by atoms with E-state index < -0.39 is 0 Å². The van der Waals surface area contributed by atoms with Crippen molar-refractivity contribution in [2.24, 2.45) is 0 Å². The second kappa shape index (κ2) is 5.91. The van der Waals surface area contributed by atoms with Crippen LogP contribution in [0.25, 0.3) is 10.9 Å². The Kier molecular flexibility index (Phi) is 3.58. The van der Waals surface area contributed by atoms with Gasteiger partial charge in [0, 0.05) is 41.7 Å². The molecule has 3 heterocycles. The number of ether oxygens (including phenoxy) is 1. The number of nitrogens with zero attached hydrogens (tertiary/aromatic N) is 4. The first kappa shape index (κ1) is 15.1. The molecule has 1 aromatic carbocycles. The number of aromatic amines is 1. The summed E-state index contributed by atoms with van der Waals surface area (Å²) in [6.07, 6.45) is 0.846. The fourth-order valence-electron chi connectivity index (χ4n) is 3.21. The second-order valence-electron chi connectivity index (χ2n) is 5.89. The molecule has 1 N–H and O–H groups in total. The van der Waals surface area contributed by atoms with Crippen molar-refractivity contribution in [3.8, 4) is 6.07 Å². The number of nitriles is 1. The van der Waals surface area contributed by atoms with Crippen molar-refractivity contribution < 1.29 is 9.53 Å². The van der Waals surface area contributed by atoms with Crippen LogP contribution in [-0.4, -0.2) is 34.8 Å². The topological polar surface area (TPSA) is 94.9 Å². The summed E-state index contributed by atoms with van der Waals surface area (Å²) < 4.78 is 4.81. The van der Waals surface area contributed by atoms with Crippen molar-refractivity contribution in [3.05, 3.63) is 52.8 Å². The van der Waals surface area contributed by atoms with Crippen LogP contribution in [0.4, 0.5) is 5.82 Å². The van der Waals surface area contributed by atoms with Gasteiger partial charge in [-0.1, -0.05) is 0 Å². The van der Waals surface area contributed by atoms with Gasteiger partial charge >= 0.3 is 5.97 Å². The predicted octanol–water partition coefficient (Wildman–Crippen LogP) is 2.18. The van der Waals surface area contributed by atoms with Gasteiger partial charge in [0.2, 0.25) is 0 Å². The molecule has 0 saturated heterocycles. The van der Waals surface area contributed by atoms with Gasteiger partial charge in [-0.05, 0) is 30.3 Å². The zero-order chi connectivity index (χ0) is 17.4. The molecule has 1 aliphatic rings. The molecule has 124 valence electrons. The van der Waals surface area contributed by atoms with Crippen molar-refractivity contribution in [2.45, 2.75) is 13.0 Å². The highest BCUT2D eigenvalue weighted by molar-refractivity contribution is 5.96. The monoisotopic (exact) mass is 333 g/mol. The highest BCUT2D eigenvalue weighted by Gasteiger charge is 2.22. The van der Waals surface area contributed by atoms with Gasteiger partial charge in [0.05, 0.1) is 12.7 Å². The standard InChI is InChI=1S/C18H15N5O2/c1-25-18(24)11-2-4-15-13(8-11)14-10-23(7-6-16(14)20-15)17-5-3-12(9-19)21-22-17/h2-5,8,20H,6-7,10H2,1H3. The van der Waals surface area contributed by atoms with Crippen molar-refractivity contribution in [1.82, 2.24) is 15.2 Å². The number of aromatic nitrogens is 3. The molecule has 1 aliphatic heterocycles. The molecule has 7 heteroatoms. The summed E-state index contributed by atoms with van der Waals surface area (Å²) in [4.78, 5) is 17.4. The van der Waals surface area contributed by atoms with Crippen LogP contribution in [0.1, 0.15) is 27.3 Å². The molecule has 3 aromatic rings. The average Bonchev–Trinajstić information content (AvgIpc) is 3.04. The third-order valence-corrected chi connectivity index (χ3v) is 4.49. The lowest BCUT2D eigenvalue weighted by molar-refractivity contribution is 0.0601. The number of methoxy groups -OCH3 is 1. The fourth-order valence-corrected chi connectivity index (χ4v) is 3.21. The molecule has 0 saturated carbocycles. The van der Waals surface area contributed by atoms with E-state index >= 15 is 0 Å². The molecule has 2 aromatic heterocycles. The van der Waals surface area contributed by atoms with Gasteiger partial charge in [-0.25, -0.2) is 4.79 Å². The average molecular weight is 333 g/mol. The maximum Gasteiger partial charge on any atom is 0.337 e. The normalized spacial score (nSPS) is 13.4. The first-order valence-electron chi connectivity index (χ1n) is 7.90. The summed E-state index contributed by atoms with van der Waals surface area (Å²) in [6.45, 7) is 1.48. The summed E-state index contributed by atoms with van der Waals surface area (Å²) >= 11 is 0. The van der Waals surface area contributed by atoms with Crippen LogP contribution in [0.2, 0.25) is 0 Å². The molecule has 4 rings (SSSR count). The van der Waals surface area contributed by atoms with E-state index in [1.807, 2.05) is 24.3 Å². The highest BCUT2D eigenvalue weighted by Crippen LogP contribution is 2.30. The number of hydrogen-bond donors (Lipinski definition) is 1. The van der Waals surface area contributed by atoms with Gasteiger partial charge in [0.1, 0.15) is 6.07 Å². The minimum atomic E-state index is -0.345. The number of anilines is 1. The lowest BCUT2D eigenvalue weighted by atomic mass is 10.0. The van der Waals surface area contributed by atoms with E-state index in [0.29, 0.717) is 17.8 Å². The lowest BCUT2D eigenvalue weighted by Gasteiger charge is -2.27. The van der Waals surface area contributed by atoms with Crippen LogP contribution in [0, 0.1) is 11.3 Å². The molecular weight excluding hydrogens is 318 g/mol. The zero-order valence-electron chi connectivity index (χ0n) is 13.6. The summed E-state index contributed by atoms with van der Waals surface area (Å²) in [6, 6.07) is 11.0. The van der Waals surface area contributed by atoms with Crippen molar-refractivity contribution in [3.63, 3.8) is 0 Å². The Balaban J connectivity index is 1.71. The van der Waals surface area contributed by atoms with Crippen LogP contribution in [0.15, 0.2) is 30.3 Å².